The summed E-state index contributed by atoms with van der Waals surface area (Å²) in [7, 11) is -9.78. The first kappa shape index (κ1) is 22.5. The van der Waals surface area contributed by atoms with Crippen molar-refractivity contribution in [1.29, 1.82) is 0 Å². The Kier molecular flexibility index (Phi) is 5.24. The number of hydrogen-bond acceptors (Lipinski definition) is 3. The molecule has 33 heavy (non-hydrogen) atoms. The molecule has 4 rings (SSSR count). The first-order chi connectivity index (χ1) is 15.5. The molecular formula is C24H18F5N3S. The Hall–Kier alpha value is -3.72. The van der Waals surface area contributed by atoms with Gasteiger partial charge in [-0.15, -0.1) is 0 Å². The molecule has 9 heteroatoms. The van der Waals surface area contributed by atoms with Gasteiger partial charge in [0.05, 0.1) is 11.4 Å². The van der Waals surface area contributed by atoms with E-state index in [1.807, 2.05) is 65.6 Å². The molecule has 0 bridgehead atoms. The van der Waals surface area contributed by atoms with Gasteiger partial charge in [0.2, 0.25) is 0 Å². The largest absolute Gasteiger partial charge is 0.311 e. The molecule has 0 saturated heterocycles. The van der Waals surface area contributed by atoms with E-state index in [1.165, 1.54) is 6.07 Å². The molecule has 0 aromatic heterocycles. The highest BCUT2D eigenvalue weighted by Gasteiger charge is 2.65. The molecule has 170 valence electrons. The van der Waals surface area contributed by atoms with Crippen molar-refractivity contribution < 1.29 is 19.4 Å². The maximum Gasteiger partial charge on any atom is 0.310 e. The maximum absolute atomic E-state index is 13.0. The quantitative estimate of drug-likeness (QED) is 0.201. The van der Waals surface area contributed by atoms with Gasteiger partial charge in [0, 0.05) is 17.1 Å². The van der Waals surface area contributed by atoms with Crippen molar-refractivity contribution in [1.82, 2.24) is 0 Å². The molecule has 0 aliphatic carbocycles. The zero-order valence-electron chi connectivity index (χ0n) is 17.0. The highest BCUT2D eigenvalue weighted by atomic mass is 32.5. The standard InChI is InChI=1S/C24H18F5N3S/c25-33(26,27,28,29)24-13-7-8-20(18-24)31-30-19-14-16-23(17-15-19)32(21-9-3-1-4-10-21)22-11-5-2-6-12-22/h1-18H. The smallest absolute Gasteiger partial charge is 0.310 e. The Bertz CT molecular complexity index is 1240. The van der Waals surface area contributed by atoms with Gasteiger partial charge in [0.25, 0.3) is 0 Å². The van der Waals surface area contributed by atoms with Crippen molar-refractivity contribution in [2.45, 2.75) is 4.90 Å². The van der Waals surface area contributed by atoms with Gasteiger partial charge in [0.15, 0.2) is 0 Å². The zero-order valence-corrected chi connectivity index (χ0v) is 17.8. The molecule has 0 N–H and O–H groups in total. The van der Waals surface area contributed by atoms with Crippen LogP contribution in [0.25, 0.3) is 0 Å². The molecule has 0 atom stereocenters. The lowest BCUT2D eigenvalue weighted by Gasteiger charge is -2.40. The number of halogens is 5. The first-order valence-electron chi connectivity index (χ1n) is 9.76. The van der Waals surface area contributed by atoms with Crippen LogP contribution in [0.2, 0.25) is 0 Å². The predicted octanol–water partition coefficient (Wildman–Crippen LogP) is 10.2. The van der Waals surface area contributed by atoms with Crippen LogP contribution in [0.3, 0.4) is 0 Å². The average molecular weight is 475 g/mol. The van der Waals surface area contributed by atoms with Crippen LogP contribution in [0.1, 0.15) is 0 Å². The van der Waals surface area contributed by atoms with Crippen LogP contribution in [0, 0.1) is 0 Å². The maximum atomic E-state index is 13.0. The second-order valence-electron chi connectivity index (χ2n) is 7.19. The van der Waals surface area contributed by atoms with E-state index < -0.39 is 15.1 Å². The Labute approximate surface area is 187 Å². The zero-order chi connectivity index (χ0) is 23.6. The van der Waals surface area contributed by atoms with Gasteiger partial charge in [-0.25, -0.2) is 0 Å². The van der Waals surface area contributed by atoms with Crippen molar-refractivity contribution in [2.75, 3.05) is 4.90 Å². The molecule has 0 aliphatic rings. The fourth-order valence-corrected chi connectivity index (χ4v) is 3.85. The van der Waals surface area contributed by atoms with Crippen molar-refractivity contribution >= 4 is 38.7 Å². The Morgan fingerprint density at radius 1 is 0.485 bits per heavy atom. The minimum absolute atomic E-state index is 0.298. The van der Waals surface area contributed by atoms with Crippen LogP contribution in [0.4, 0.5) is 47.9 Å². The molecule has 0 unspecified atom stereocenters. The lowest BCUT2D eigenvalue weighted by molar-refractivity contribution is 0.364. The minimum Gasteiger partial charge on any atom is -0.311 e. The Morgan fingerprint density at radius 3 is 1.48 bits per heavy atom. The molecule has 3 nitrogen and oxygen atoms in total. The van der Waals surface area contributed by atoms with E-state index in [0.29, 0.717) is 17.8 Å². The monoisotopic (exact) mass is 475 g/mol. The molecule has 0 amide bonds. The third-order valence-electron chi connectivity index (χ3n) is 4.68. The third kappa shape index (κ3) is 5.56. The summed E-state index contributed by atoms with van der Waals surface area (Å²) in [4.78, 5) is 0.0298. The molecule has 0 saturated carbocycles. The van der Waals surface area contributed by atoms with E-state index in [9.17, 15) is 19.4 Å². The number of azo groups is 1. The summed E-state index contributed by atoms with van der Waals surface area (Å²) in [6, 6.07) is 29.0. The first-order valence-corrected chi connectivity index (χ1v) is 11.7. The number of para-hydroxylation sites is 2. The average Bonchev–Trinajstić information content (AvgIpc) is 2.79. The summed E-state index contributed by atoms with van der Waals surface area (Å²) >= 11 is 0. The fraction of sp³-hybridized carbons (Fsp3) is 0. The lowest BCUT2D eigenvalue weighted by atomic mass is 10.2. The Balaban J connectivity index is 1.62. The molecule has 0 radical (unpaired) electrons. The van der Waals surface area contributed by atoms with Gasteiger partial charge in [-0.2, -0.15) is 10.2 Å². The lowest BCUT2D eigenvalue weighted by Crippen LogP contribution is -2.09. The van der Waals surface area contributed by atoms with Crippen molar-refractivity contribution in [3.8, 4) is 0 Å². The van der Waals surface area contributed by atoms with Crippen LogP contribution in [-0.2, 0) is 0 Å². The SMILES string of the molecule is FS(F)(F)(F)(F)c1cccc(N=Nc2ccc(N(c3ccccc3)c3ccccc3)cc2)c1. The van der Waals surface area contributed by atoms with E-state index in [2.05, 4.69) is 10.2 Å². The summed E-state index contributed by atoms with van der Waals surface area (Å²) in [6.07, 6.45) is 0. The van der Waals surface area contributed by atoms with Gasteiger partial charge in [0.1, 0.15) is 4.90 Å². The highest BCUT2D eigenvalue weighted by molar-refractivity contribution is 8.45. The van der Waals surface area contributed by atoms with E-state index in [1.54, 1.807) is 24.3 Å². The van der Waals surface area contributed by atoms with Gasteiger partial charge >= 0.3 is 10.2 Å². The number of nitrogens with zero attached hydrogens (tertiary/aromatic N) is 3. The van der Waals surface area contributed by atoms with Crippen LogP contribution in [-0.4, -0.2) is 0 Å². The van der Waals surface area contributed by atoms with Crippen LogP contribution >= 0.6 is 10.2 Å². The van der Waals surface area contributed by atoms with Crippen molar-refractivity contribution in [3.05, 3.63) is 109 Å². The topological polar surface area (TPSA) is 28.0 Å². The number of rotatable bonds is 6. The molecule has 0 aliphatic heterocycles. The normalized spacial score (nSPS) is 14.0. The third-order valence-corrected chi connectivity index (χ3v) is 5.83. The summed E-state index contributed by atoms with van der Waals surface area (Å²) in [6.45, 7) is 0. The van der Waals surface area contributed by atoms with Crippen LogP contribution in [0.5, 0.6) is 0 Å². The van der Waals surface area contributed by atoms with Crippen LogP contribution in [0.15, 0.2) is 124 Å². The second kappa shape index (κ2) is 7.70. The van der Waals surface area contributed by atoms with E-state index >= 15 is 0 Å². The van der Waals surface area contributed by atoms with Crippen LogP contribution < -0.4 is 4.90 Å². The van der Waals surface area contributed by atoms with Gasteiger partial charge < -0.3 is 4.90 Å². The van der Waals surface area contributed by atoms with E-state index in [0.717, 1.165) is 23.1 Å². The van der Waals surface area contributed by atoms with Gasteiger partial charge in [-0.05, 0) is 66.7 Å². The molecule has 0 fully saturated rings. The molecular weight excluding hydrogens is 457 g/mol. The number of hydrogen-bond donors (Lipinski definition) is 0. The second-order valence-corrected chi connectivity index (χ2v) is 9.60. The van der Waals surface area contributed by atoms with Gasteiger partial charge in [-0.1, -0.05) is 61.9 Å². The summed E-state index contributed by atoms with van der Waals surface area (Å²) in [5.41, 5.74) is 2.74. The minimum atomic E-state index is -9.78. The van der Waals surface area contributed by atoms with E-state index in [-0.39, 0.29) is 5.69 Å². The summed E-state index contributed by atoms with van der Waals surface area (Å²) in [5, 5.41) is 7.60. The van der Waals surface area contributed by atoms with Gasteiger partial charge in [-0.3, -0.25) is 0 Å². The molecule has 0 spiro atoms. The van der Waals surface area contributed by atoms with E-state index in [4.69, 9.17) is 0 Å². The fourth-order valence-electron chi connectivity index (χ4n) is 3.17. The number of anilines is 3. The van der Waals surface area contributed by atoms with Crippen molar-refractivity contribution in [3.63, 3.8) is 0 Å². The highest BCUT2D eigenvalue weighted by Crippen LogP contribution is 3.02. The molecule has 0 heterocycles. The summed E-state index contributed by atoms with van der Waals surface area (Å²) in [5.74, 6) is 0. The number of benzene rings is 4. The molecule has 4 aromatic carbocycles. The predicted molar refractivity (Wildman–Crippen MR) is 123 cm³/mol. The summed E-state index contributed by atoms with van der Waals surface area (Å²) < 4.78 is 65.1. The van der Waals surface area contributed by atoms with Crippen molar-refractivity contribution in [2.24, 2.45) is 10.2 Å². The Morgan fingerprint density at radius 2 is 0.970 bits per heavy atom. The molecule has 4 aromatic rings.